The number of carbonyl (C=O) groups excluding carboxylic acids is 2. The number of aryl methyl sites for hydroxylation is 1. The average molecular weight is 379 g/mol. The maximum Gasteiger partial charge on any atom is 0.257 e. The van der Waals surface area contributed by atoms with Gasteiger partial charge >= 0.3 is 0 Å². The number of carbonyl (C=O) groups is 2. The van der Waals surface area contributed by atoms with Crippen LogP contribution < -0.4 is 10.6 Å². The summed E-state index contributed by atoms with van der Waals surface area (Å²) in [7, 11) is 0. The van der Waals surface area contributed by atoms with E-state index in [2.05, 4.69) is 15.7 Å². The summed E-state index contributed by atoms with van der Waals surface area (Å²) in [6.07, 6.45) is 3.57. The second kappa shape index (κ2) is 6.09. The largest absolute Gasteiger partial charge is 0.362 e. The molecule has 2 amide bonds. The van der Waals surface area contributed by atoms with E-state index < -0.39 is 5.66 Å². The predicted molar refractivity (Wildman–Crippen MR) is 105 cm³/mol. The zero-order chi connectivity index (χ0) is 19.5. The Morgan fingerprint density at radius 1 is 1.29 bits per heavy atom. The van der Waals surface area contributed by atoms with Crippen molar-refractivity contribution in [2.24, 2.45) is 11.8 Å². The van der Waals surface area contributed by atoms with E-state index in [4.69, 9.17) is 0 Å². The lowest BCUT2D eigenvalue weighted by Gasteiger charge is -2.42. The third-order valence-corrected chi connectivity index (χ3v) is 6.77. The molecule has 1 aromatic heterocycles. The fourth-order valence-electron chi connectivity index (χ4n) is 5.27. The van der Waals surface area contributed by atoms with Crippen molar-refractivity contribution in [1.82, 2.24) is 20.0 Å². The van der Waals surface area contributed by atoms with E-state index in [9.17, 15) is 9.59 Å². The molecule has 146 valence electrons. The number of anilines is 1. The molecule has 1 aromatic carbocycles. The molecule has 1 saturated carbocycles. The number of para-hydroxylation sites is 1. The van der Waals surface area contributed by atoms with Gasteiger partial charge in [0.15, 0.2) is 0 Å². The number of hydrogen-bond acceptors (Lipinski definition) is 4. The monoisotopic (exact) mass is 379 g/mol. The predicted octanol–water partition coefficient (Wildman–Crippen LogP) is 2.25. The van der Waals surface area contributed by atoms with E-state index in [1.54, 1.807) is 6.20 Å². The number of likely N-dealkylation sites (tertiary alicyclic amines) is 1. The van der Waals surface area contributed by atoms with Gasteiger partial charge in [-0.3, -0.25) is 14.3 Å². The first-order valence-electron chi connectivity index (χ1n) is 10.0. The van der Waals surface area contributed by atoms with Gasteiger partial charge in [0, 0.05) is 36.9 Å². The molecule has 5 rings (SSSR count). The fraction of sp³-hybridized carbons (Fsp3) is 0.476. The number of fused-ring (bicyclic) bond motifs is 3. The van der Waals surface area contributed by atoms with Crippen LogP contribution in [-0.4, -0.2) is 45.2 Å². The van der Waals surface area contributed by atoms with Gasteiger partial charge in [0.2, 0.25) is 0 Å². The number of nitrogens with one attached hydrogen (secondary N) is 2. The highest BCUT2D eigenvalue weighted by Crippen LogP contribution is 2.47. The lowest BCUT2D eigenvalue weighted by Crippen LogP contribution is -2.61. The van der Waals surface area contributed by atoms with Crippen molar-refractivity contribution >= 4 is 17.5 Å². The van der Waals surface area contributed by atoms with Crippen LogP contribution in [0.3, 0.4) is 0 Å². The van der Waals surface area contributed by atoms with Crippen molar-refractivity contribution in [1.29, 1.82) is 0 Å². The Bertz CT molecular complexity index is 967. The summed E-state index contributed by atoms with van der Waals surface area (Å²) < 4.78 is 1.85. The molecule has 0 radical (unpaired) electrons. The van der Waals surface area contributed by atoms with Crippen molar-refractivity contribution in [3.8, 4) is 0 Å². The van der Waals surface area contributed by atoms with Gasteiger partial charge < -0.3 is 15.5 Å². The van der Waals surface area contributed by atoms with Gasteiger partial charge in [-0.05, 0) is 44.7 Å². The molecular weight excluding hydrogens is 354 g/mol. The van der Waals surface area contributed by atoms with Gasteiger partial charge in [0.25, 0.3) is 11.8 Å². The van der Waals surface area contributed by atoms with E-state index in [-0.39, 0.29) is 17.7 Å². The minimum Gasteiger partial charge on any atom is -0.362 e. The second-order valence-corrected chi connectivity index (χ2v) is 8.17. The number of benzene rings is 1. The molecule has 7 nitrogen and oxygen atoms in total. The molecule has 3 heterocycles. The third kappa shape index (κ3) is 2.38. The molecular formula is C21H25N5O2. The molecule has 1 spiro atoms. The van der Waals surface area contributed by atoms with E-state index in [1.807, 2.05) is 47.7 Å². The molecule has 2 aromatic rings. The second-order valence-electron chi connectivity index (χ2n) is 8.17. The molecule has 0 unspecified atom stereocenters. The smallest absolute Gasteiger partial charge is 0.257 e. The van der Waals surface area contributed by atoms with Crippen LogP contribution in [0.1, 0.15) is 46.2 Å². The minimum atomic E-state index is -0.465. The van der Waals surface area contributed by atoms with E-state index in [0.717, 1.165) is 37.3 Å². The van der Waals surface area contributed by atoms with Crippen LogP contribution in [0.25, 0.3) is 0 Å². The first-order valence-corrected chi connectivity index (χ1v) is 10.0. The summed E-state index contributed by atoms with van der Waals surface area (Å²) in [6, 6.07) is 7.63. The third-order valence-electron chi connectivity index (χ3n) is 6.77. The Morgan fingerprint density at radius 2 is 2.11 bits per heavy atom. The van der Waals surface area contributed by atoms with Crippen LogP contribution in [0.4, 0.5) is 5.69 Å². The van der Waals surface area contributed by atoms with Gasteiger partial charge in [-0.15, -0.1) is 0 Å². The molecule has 3 aliphatic rings. The van der Waals surface area contributed by atoms with Gasteiger partial charge in [-0.25, -0.2) is 0 Å². The Hall–Kier alpha value is -2.83. The molecule has 2 aliphatic heterocycles. The van der Waals surface area contributed by atoms with Gasteiger partial charge in [0.05, 0.1) is 17.3 Å². The highest BCUT2D eigenvalue weighted by Gasteiger charge is 2.55. The summed E-state index contributed by atoms with van der Waals surface area (Å²) in [4.78, 5) is 27.8. The highest BCUT2D eigenvalue weighted by molar-refractivity contribution is 6.02. The van der Waals surface area contributed by atoms with Crippen LogP contribution in [-0.2, 0) is 6.54 Å². The number of nitrogens with zero attached hydrogens (tertiary/aromatic N) is 3. The van der Waals surface area contributed by atoms with Crippen LogP contribution in [0, 0.1) is 18.8 Å². The van der Waals surface area contributed by atoms with E-state index in [1.165, 1.54) is 0 Å². The maximum absolute atomic E-state index is 13.1. The van der Waals surface area contributed by atoms with Crippen molar-refractivity contribution in [2.45, 2.75) is 38.9 Å². The molecule has 0 bridgehead atoms. The first kappa shape index (κ1) is 17.3. The van der Waals surface area contributed by atoms with Crippen LogP contribution >= 0.6 is 0 Å². The lowest BCUT2D eigenvalue weighted by molar-refractivity contribution is 0.0766. The van der Waals surface area contributed by atoms with Crippen molar-refractivity contribution < 1.29 is 9.59 Å². The highest BCUT2D eigenvalue weighted by atomic mass is 16.2. The lowest BCUT2D eigenvalue weighted by atomic mass is 9.89. The summed E-state index contributed by atoms with van der Waals surface area (Å²) in [5.74, 6) is 0.614. The van der Waals surface area contributed by atoms with Crippen LogP contribution in [0.5, 0.6) is 0 Å². The summed E-state index contributed by atoms with van der Waals surface area (Å²) >= 11 is 0. The SMILES string of the molecule is CCn1ncc(C(=O)N2C[C@H]3CC[C@]4(NC(=O)c5ccccc5N4)[C@H]3C2)c1C. The maximum atomic E-state index is 13.1. The molecule has 28 heavy (non-hydrogen) atoms. The average Bonchev–Trinajstić information content (AvgIpc) is 3.37. The zero-order valence-electron chi connectivity index (χ0n) is 16.2. The number of aromatic nitrogens is 2. The molecule has 1 aliphatic carbocycles. The number of hydrogen-bond donors (Lipinski definition) is 2. The minimum absolute atomic E-state index is 0.0279. The molecule has 7 heteroatoms. The number of amides is 2. The first-order chi connectivity index (χ1) is 13.5. The Kier molecular flexibility index (Phi) is 3.76. The summed E-state index contributed by atoms with van der Waals surface area (Å²) in [5.41, 5.74) is 2.70. The van der Waals surface area contributed by atoms with Crippen molar-refractivity contribution in [3.05, 3.63) is 47.3 Å². The van der Waals surface area contributed by atoms with Crippen molar-refractivity contribution in [2.75, 3.05) is 18.4 Å². The molecule has 2 fully saturated rings. The number of rotatable bonds is 2. The Balaban J connectivity index is 1.40. The fourth-order valence-corrected chi connectivity index (χ4v) is 5.27. The zero-order valence-corrected chi connectivity index (χ0v) is 16.2. The molecule has 2 N–H and O–H groups in total. The normalized spacial score (nSPS) is 28.1. The quantitative estimate of drug-likeness (QED) is 0.839. The van der Waals surface area contributed by atoms with E-state index >= 15 is 0 Å². The van der Waals surface area contributed by atoms with Gasteiger partial charge in [-0.1, -0.05) is 12.1 Å². The Morgan fingerprint density at radius 3 is 2.89 bits per heavy atom. The summed E-state index contributed by atoms with van der Waals surface area (Å²) in [6.45, 7) is 6.11. The van der Waals surface area contributed by atoms with Gasteiger partial charge in [0.1, 0.15) is 5.66 Å². The molecule has 3 atom stereocenters. The molecule has 1 saturated heterocycles. The van der Waals surface area contributed by atoms with Crippen LogP contribution in [0.2, 0.25) is 0 Å². The van der Waals surface area contributed by atoms with Crippen molar-refractivity contribution in [3.63, 3.8) is 0 Å². The topological polar surface area (TPSA) is 79.3 Å². The van der Waals surface area contributed by atoms with Gasteiger partial charge in [-0.2, -0.15) is 5.10 Å². The summed E-state index contributed by atoms with van der Waals surface area (Å²) in [5, 5.41) is 11.2. The van der Waals surface area contributed by atoms with Crippen LogP contribution in [0.15, 0.2) is 30.5 Å². The standard InChI is InChI=1S/C21H25N5O2/c1-3-26-13(2)16(10-22-26)20(28)25-11-14-8-9-21(17(14)12-25)23-18-7-5-4-6-15(18)19(27)24-21/h4-7,10,14,17,23H,3,8-9,11-12H2,1-2H3,(H,24,27)/t14-,17+,21+/m1/s1. The van der Waals surface area contributed by atoms with E-state index in [0.29, 0.717) is 23.6 Å². The Labute approximate surface area is 164 Å².